The lowest BCUT2D eigenvalue weighted by Crippen LogP contribution is -2.18. The zero-order chi connectivity index (χ0) is 17.6. The summed E-state index contributed by atoms with van der Waals surface area (Å²) in [6.45, 7) is 8.91. The van der Waals surface area contributed by atoms with E-state index in [1.807, 2.05) is 6.08 Å². The molecule has 24 heavy (non-hydrogen) atoms. The standard InChI is InChI=1S/C21H25NO2/c1-5-24-20(23)18-13-17(14-22-15-18)10-6-7-11-19-16(2)9-8-12-21(19,3)4/h7,11,13-15H,5,8-9,12H2,1-4H3. The number of aromatic nitrogens is 1. The van der Waals surface area contributed by atoms with Crippen molar-refractivity contribution in [3.8, 4) is 11.8 Å². The van der Waals surface area contributed by atoms with Crippen LogP contribution in [0.4, 0.5) is 0 Å². The van der Waals surface area contributed by atoms with E-state index in [1.54, 1.807) is 19.2 Å². The van der Waals surface area contributed by atoms with Crippen LogP contribution in [0.15, 0.2) is 41.8 Å². The van der Waals surface area contributed by atoms with E-state index >= 15 is 0 Å². The first kappa shape index (κ1) is 18.0. The number of hydrogen-bond donors (Lipinski definition) is 0. The van der Waals surface area contributed by atoms with E-state index in [-0.39, 0.29) is 11.4 Å². The normalized spacial score (nSPS) is 16.7. The third kappa shape index (κ3) is 4.58. The Morgan fingerprint density at radius 1 is 1.42 bits per heavy atom. The van der Waals surface area contributed by atoms with Crippen molar-refractivity contribution in [1.82, 2.24) is 4.98 Å². The summed E-state index contributed by atoms with van der Waals surface area (Å²) in [7, 11) is 0. The van der Waals surface area contributed by atoms with Crippen LogP contribution in [0, 0.1) is 17.3 Å². The highest BCUT2D eigenvalue weighted by atomic mass is 16.5. The molecular formula is C21H25NO2. The molecule has 0 aromatic carbocycles. The molecule has 126 valence electrons. The molecule has 0 N–H and O–H groups in total. The second-order valence-electron chi connectivity index (χ2n) is 6.72. The maximum absolute atomic E-state index is 11.7. The van der Waals surface area contributed by atoms with Gasteiger partial charge in [-0.3, -0.25) is 4.98 Å². The predicted octanol–water partition coefficient (Wildman–Crippen LogP) is 4.69. The molecule has 0 spiro atoms. The average Bonchev–Trinajstić information content (AvgIpc) is 2.54. The van der Waals surface area contributed by atoms with Crippen LogP contribution in [0.5, 0.6) is 0 Å². The molecule has 3 nitrogen and oxygen atoms in total. The molecule has 0 radical (unpaired) electrons. The van der Waals surface area contributed by atoms with Crippen molar-refractivity contribution in [3.63, 3.8) is 0 Å². The Kier molecular flexibility index (Phi) is 5.98. The fourth-order valence-electron chi connectivity index (χ4n) is 3.09. The fraction of sp³-hybridized carbons (Fsp3) is 0.429. The van der Waals surface area contributed by atoms with Gasteiger partial charge in [0.2, 0.25) is 0 Å². The Hall–Kier alpha value is -2.34. The fourth-order valence-corrected chi connectivity index (χ4v) is 3.09. The second kappa shape index (κ2) is 7.97. The van der Waals surface area contributed by atoms with E-state index in [2.05, 4.69) is 43.7 Å². The van der Waals surface area contributed by atoms with Gasteiger partial charge in [-0.2, -0.15) is 0 Å². The number of ether oxygens (including phenoxy) is 1. The molecule has 1 aliphatic rings. The molecule has 0 saturated carbocycles. The Morgan fingerprint density at radius 2 is 2.21 bits per heavy atom. The molecule has 1 aromatic heterocycles. The number of nitrogens with zero attached hydrogens (tertiary/aromatic N) is 1. The monoisotopic (exact) mass is 323 g/mol. The van der Waals surface area contributed by atoms with E-state index in [0.29, 0.717) is 17.7 Å². The number of carbonyl (C=O) groups excluding carboxylic acids is 1. The van der Waals surface area contributed by atoms with Crippen molar-refractivity contribution in [2.45, 2.75) is 47.0 Å². The van der Waals surface area contributed by atoms with Crippen LogP contribution < -0.4 is 0 Å². The number of pyridine rings is 1. The molecular weight excluding hydrogens is 298 g/mol. The van der Waals surface area contributed by atoms with Crippen molar-refractivity contribution >= 4 is 5.97 Å². The van der Waals surface area contributed by atoms with Crippen LogP contribution >= 0.6 is 0 Å². The summed E-state index contributed by atoms with van der Waals surface area (Å²) < 4.78 is 4.98. The highest BCUT2D eigenvalue weighted by molar-refractivity contribution is 5.89. The van der Waals surface area contributed by atoms with Gasteiger partial charge < -0.3 is 4.74 Å². The molecule has 0 aliphatic heterocycles. The maximum atomic E-state index is 11.7. The number of carbonyl (C=O) groups is 1. The Balaban J connectivity index is 2.13. The SMILES string of the molecule is CCOC(=O)c1cncc(C#CC=CC2=C(C)CCCC2(C)C)c1. The lowest BCUT2D eigenvalue weighted by atomic mass is 9.73. The molecule has 0 amide bonds. The highest BCUT2D eigenvalue weighted by Crippen LogP contribution is 2.40. The van der Waals surface area contributed by atoms with Gasteiger partial charge in [0.15, 0.2) is 0 Å². The van der Waals surface area contributed by atoms with Crippen molar-refractivity contribution in [2.24, 2.45) is 5.41 Å². The number of allylic oxidation sites excluding steroid dienone is 4. The molecule has 0 unspecified atom stereocenters. The van der Waals surface area contributed by atoms with Crippen LogP contribution in [0.2, 0.25) is 0 Å². The third-order valence-corrected chi connectivity index (χ3v) is 4.34. The van der Waals surface area contributed by atoms with Gasteiger partial charge in [0.25, 0.3) is 0 Å². The van der Waals surface area contributed by atoms with Gasteiger partial charge >= 0.3 is 5.97 Å². The molecule has 0 bridgehead atoms. The Labute approximate surface area is 144 Å². The van der Waals surface area contributed by atoms with Gasteiger partial charge in [0.05, 0.1) is 12.2 Å². The topological polar surface area (TPSA) is 39.2 Å². The second-order valence-corrected chi connectivity index (χ2v) is 6.72. The summed E-state index contributed by atoms with van der Waals surface area (Å²) in [6.07, 6.45) is 10.8. The maximum Gasteiger partial charge on any atom is 0.339 e. The summed E-state index contributed by atoms with van der Waals surface area (Å²) in [5.41, 5.74) is 4.20. The van der Waals surface area contributed by atoms with E-state index in [0.717, 1.165) is 0 Å². The number of hydrogen-bond acceptors (Lipinski definition) is 3. The van der Waals surface area contributed by atoms with Crippen LogP contribution in [0.1, 0.15) is 62.9 Å². The summed E-state index contributed by atoms with van der Waals surface area (Å²) in [6, 6.07) is 1.71. The smallest absolute Gasteiger partial charge is 0.339 e. The lowest BCUT2D eigenvalue weighted by Gasteiger charge is -2.32. The quantitative estimate of drug-likeness (QED) is 0.598. The van der Waals surface area contributed by atoms with E-state index in [4.69, 9.17) is 4.74 Å². The lowest BCUT2D eigenvalue weighted by molar-refractivity contribution is 0.0526. The first-order chi connectivity index (χ1) is 11.4. The van der Waals surface area contributed by atoms with Gasteiger partial charge in [-0.05, 0) is 56.2 Å². The van der Waals surface area contributed by atoms with E-state index in [1.165, 1.54) is 36.6 Å². The van der Waals surface area contributed by atoms with Crippen LogP contribution in [-0.2, 0) is 4.74 Å². The summed E-state index contributed by atoms with van der Waals surface area (Å²) >= 11 is 0. The van der Waals surface area contributed by atoms with Gasteiger partial charge in [-0.25, -0.2) is 4.79 Å². The van der Waals surface area contributed by atoms with E-state index < -0.39 is 0 Å². The minimum Gasteiger partial charge on any atom is -0.462 e. The van der Waals surface area contributed by atoms with Crippen LogP contribution in [0.3, 0.4) is 0 Å². The van der Waals surface area contributed by atoms with Crippen LogP contribution in [-0.4, -0.2) is 17.6 Å². The molecule has 0 atom stereocenters. The highest BCUT2D eigenvalue weighted by Gasteiger charge is 2.26. The minimum absolute atomic E-state index is 0.214. The van der Waals surface area contributed by atoms with E-state index in [9.17, 15) is 4.79 Å². The summed E-state index contributed by atoms with van der Waals surface area (Å²) in [5.74, 6) is 5.72. The molecule has 2 rings (SSSR count). The molecule has 1 heterocycles. The van der Waals surface area contributed by atoms with Crippen molar-refractivity contribution in [3.05, 3.63) is 52.9 Å². The first-order valence-electron chi connectivity index (χ1n) is 8.44. The molecule has 1 aliphatic carbocycles. The van der Waals surface area contributed by atoms with Crippen molar-refractivity contribution in [2.75, 3.05) is 6.61 Å². The molecule has 0 saturated heterocycles. The molecule has 1 aromatic rings. The van der Waals surface area contributed by atoms with Crippen LogP contribution in [0.25, 0.3) is 0 Å². The minimum atomic E-state index is -0.367. The largest absolute Gasteiger partial charge is 0.462 e. The summed E-state index contributed by atoms with van der Waals surface area (Å²) in [5, 5.41) is 0. The zero-order valence-electron chi connectivity index (χ0n) is 15.0. The Bertz CT molecular complexity index is 730. The van der Waals surface area contributed by atoms with Gasteiger partial charge in [0.1, 0.15) is 0 Å². The summed E-state index contributed by atoms with van der Waals surface area (Å²) in [4.78, 5) is 15.8. The first-order valence-corrected chi connectivity index (χ1v) is 8.44. The van der Waals surface area contributed by atoms with Crippen molar-refractivity contribution < 1.29 is 9.53 Å². The van der Waals surface area contributed by atoms with Gasteiger partial charge in [0, 0.05) is 18.0 Å². The Morgan fingerprint density at radius 3 is 2.92 bits per heavy atom. The van der Waals surface area contributed by atoms with Gasteiger partial charge in [-0.1, -0.05) is 37.3 Å². The van der Waals surface area contributed by atoms with Crippen molar-refractivity contribution in [1.29, 1.82) is 0 Å². The molecule has 3 heteroatoms. The van der Waals surface area contributed by atoms with Gasteiger partial charge in [-0.15, -0.1) is 0 Å². The average molecular weight is 323 g/mol. The number of rotatable bonds is 3. The predicted molar refractivity (Wildman–Crippen MR) is 96.5 cm³/mol. The third-order valence-electron chi connectivity index (χ3n) is 4.34. The molecule has 0 fully saturated rings. The number of esters is 1. The zero-order valence-corrected chi connectivity index (χ0v) is 15.0.